The highest BCUT2D eigenvalue weighted by atomic mass is 19.1. The fourth-order valence-electron chi connectivity index (χ4n) is 2.13. The predicted octanol–water partition coefficient (Wildman–Crippen LogP) is 1.43. The van der Waals surface area contributed by atoms with Gasteiger partial charge in [0, 0.05) is 18.3 Å². The summed E-state index contributed by atoms with van der Waals surface area (Å²) in [5.41, 5.74) is 0.538. The van der Waals surface area contributed by atoms with Gasteiger partial charge in [-0.25, -0.2) is 4.39 Å². The van der Waals surface area contributed by atoms with Crippen LogP contribution < -0.4 is 10.2 Å². The summed E-state index contributed by atoms with van der Waals surface area (Å²) in [6.45, 7) is 2.41. The molecule has 94 valence electrons. The number of nitrogens with zero attached hydrogens (tertiary/aromatic N) is 2. The van der Waals surface area contributed by atoms with E-state index in [1.165, 1.54) is 17.0 Å². The van der Waals surface area contributed by atoms with E-state index < -0.39 is 6.04 Å². The lowest BCUT2D eigenvalue weighted by atomic mass is 10.1. The number of nitrogens with one attached hydrogen (secondary N) is 1. The number of halogens is 1. The third-order valence-electron chi connectivity index (χ3n) is 2.92. The Morgan fingerprint density at radius 1 is 1.61 bits per heavy atom. The van der Waals surface area contributed by atoms with E-state index in [1.807, 2.05) is 13.0 Å². The molecule has 0 bridgehead atoms. The molecular formula is C13H14FN3O. The summed E-state index contributed by atoms with van der Waals surface area (Å²) < 4.78 is 13.2. The Kier molecular flexibility index (Phi) is 3.58. The number of piperazine rings is 1. The average molecular weight is 247 g/mol. The van der Waals surface area contributed by atoms with Crippen molar-refractivity contribution in [2.45, 2.75) is 25.4 Å². The van der Waals surface area contributed by atoms with Crippen molar-refractivity contribution in [1.29, 1.82) is 5.26 Å². The van der Waals surface area contributed by atoms with Gasteiger partial charge in [0.1, 0.15) is 11.9 Å². The summed E-state index contributed by atoms with van der Waals surface area (Å²) in [4.78, 5) is 13.7. The van der Waals surface area contributed by atoms with Crippen LogP contribution in [-0.4, -0.2) is 24.5 Å². The molecule has 1 amide bonds. The van der Waals surface area contributed by atoms with Crippen molar-refractivity contribution >= 4 is 11.6 Å². The van der Waals surface area contributed by atoms with E-state index in [1.54, 1.807) is 12.1 Å². The first-order valence-corrected chi connectivity index (χ1v) is 5.81. The van der Waals surface area contributed by atoms with Gasteiger partial charge in [0.25, 0.3) is 0 Å². The molecule has 1 aliphatic heterocycles. The van der Waals surface area contributed by atoms with Gasteiger partial charge in [-0.1, -0.05) is 6.07 Å². The van der Waals surface area contributed by atoms with Crippen molar-refractivity contribution in [3.05, 3.63) is 30.1 Å². The van der Waals surface area contributed by atoms with Gasteiger partial charge in [0.15, 0.2) is 0 Å². The Hall–Kier alpha value is -1.93. The van der Waals surface area contributed by atoms with E-state index in [-0.39, 0.29) is 24.2 Å². The maximum atomic E-state index is 13.2. The lowest BCUT2D eigenvalue weighted by Gasteiger charge is -2.36. The maximum Gasteiger partial charge on any atom is 0.245 e. The number of carbonyl (C=O) groups is 1. The molecule has 18 heavy (non-hydrogen) atoms. The molecule has 1 heterocycles. The second-order valence-electron chi connectivity index (χ2n) is 4.41. The molecule has 5 heteroatoms. The number of anilines is 1. The topological polar surface area (TPSA) is 56.1 Å². The van der Waals surface area contributed by atoms with Crippen LogP contribution in [0.1, 0.15) is 13.3 Å². The van der Waals surface area contributed by atoms with Crippen LogP contribution in [0.2, 0.25) is 0 Å². The first kappa shape index (κ1) is 12.5. The SMILES string of the molecule is CC1CN(c2cccc(F)c2)C(=O)C(CC#N)N1. The van der Waals surface area contributed by atoms with Crippen LogP contribution in [0.4, 0.5) is 10.1 Å². The number of benzene rings is 1. The molecule has 0 saturated carbocycles. The zero-order valence-electron chi connectivity index (χ0n) is 10.1. The number of hydrogen-bond acceptors (Lipinski definition) is 3. The van der Waals surface area contributed by atoms with Crippen molar-refractivity contribution in [2.24, 2.45) is 0 Å². The van der Waals surface area contributed by atoms with Crippen molar-refractivity contribution in [3.63, 3.8) is 0 Å². The zero-order chi connectivity index (χ0) is 13.1. The van der Waals surface area contributed by atoms with Gasteiger partial charge < -0.3 is 10.2 Å². The van der Waals surface area contributed by atoms with Gasteiger partial charge in [-0.3, -0.25) is 4.79 Å². The van der Waals surface area contributed by atoms with Crippen LogP contribution in [-0.2, 0) is 4.79 Å². The minimum Gasteiger partial charge on any atom is -0.309 e. The van der Waals surface area contributed by atoms with Gasteiger partial charge in [-0.2, -0.15) is 5.26 Å². The number of nitriles is 1. The first-order chi connectivity index (χ1) is 8.61. The van der Waals surface area contributed by atoms with E-state index in [0.29, 0.717) is 12.2 Å². The largest absolute Gasteiger partial charge is 0.309 e. The number of carbonyl (C=O) groups excluding carboxylic acids is 1. The highest BCUT2D eigenvalue weighted by Gasteiger charge is 2.32. The van der Waals surface area contributed by atoms with Crippen LogP contribution in [0.25, 0.3) is 0 Å². The molecular weight excluding hydrogens is 233 g/mol. The Bertz CT molecular complexity index is 497. The second kappa shape index (κ2) is 5.15. The summed E-state index contributed by atoms with van der Waals surface area (Å²) in [7, 11) is 0. The van der Waals surface area contributed by atoms with E-state index in [4.69, 9.17) is 5.26 Å². The van der Waals surface area contributed by atoms with E-state index in [2.05, 4.69) is 5.32 Å². The quantitative estimate of drug-likeness (QED) is 0.860. The number of hydrogen-bond donors (Lipinski definition) is 1. The van der Waals surface area contributed by atoms with E-state index >= 15 is 0 Å². The number of amides is 1. The van der Waals surface area contributed by atoms with Crippen LogP contribution >= 0.6 is 0 Å². The molecule has 0 aliphatic carbocycles. The molecule has 0 spiro atoms. The van der Waals surface area contributed by atoms with Gasteiger partial charge in [-0.15, -0.1) is 0 Å². The van der Waals surface area contributed by atoms with E-state index in [0.717, 1.165) is 0 Å². The summed E-state index contributed by atoms with van der Waals surface area (Å²) in [5.74, 6) is -0.552. The van der Waals surface area contributed by atoms with Crippen LogP contribution in [0.15, 0.2) is 24.3 Å². The van der Waals surface area contributed by atoms with Crippen LogP contribution in [0, 0.1) is 17.1 Å². The summed E-state index contributed by atoms with van der Waals surface area (Å²) in [6.07, 6.45) is 0.120. The highest BCUT2D eigenvalue weighted by molar-refractivity contribution is 5.98. The fraction of sp³-hybridized carbons (Fsp3) is 0.385. The van der Waals surface area contributed by atoms with Crippen molar-refractivity contribution in [2.75, 3.05) is 11.4 Å². The lowest BCUT2D eigenvalue weighted by Crippen LogP contribution is -2.59. The fourth-order valence-corrected chi connectivity index (χ4v) is 2.13. The van der Waals surface area contributed by atoms with Gasteiger partial charge in [0.2, 0.25) is 5.91 Å². The lowest BCUT2D eigenvalue weighted by molar-refractivity contribution is -0.122. The normalized spacial score (nSPS) is 23.8. The third kappa shape index (κ3) is 2.49. The van der Waals surface area contributed by atoms with Crippen molar-refractivity contribution in [3.8, 4) is 6.07 Å². The van der Waals surface area contributed by atoms with Gasteiger partial charge in [-0.05, 0) is 25.1 Å². The van der Waals surface area contributed by atoms with Crippen molar-refractivity contribution in [1.82, 2.24) is 5.32 Å². The number of rotatable bonds is 2. The molecule has 1 aromatic rings. The smallest absolute Gasteiger partial charge is 0.245 e. The molecule has 2 atom stereocenters. The Balaban J connectivity index is 2.26. The third-order valence-corrected chi connectivity index (χ3v) is 2.92. The predicted molar refractivity (Wildman–Crippen MR) is 65.4 cm³/mol. The Morgan fingerprint density at radius 3 is 3.06 bits per heavy atom. The van der Waals surface area contributed by atoms with E-state index in [9.17, 15) is 9.18 Å². The molecule has 1 fully saturated rings. The second-order valence-corrected chi connectivity index (χ2v) is 4.41. The zero-order valence-corrected chi connectivity index (χ0v) is 10.1. The minimum atomic E-state index is -0.512. The minimum absolute atomic E-state index is 0.0734. The standard InChI is InChI=1S/C13H14FN3O/c1-9-8-17(11-4-2-3-10(14)7-11)13(18)12(16-9)5-6-15/h2-4,7,9,12,16H,5,8H2,1H3. The highest BCUT2D eigenvalue weighted by Crippen LogP contribution is 2.20. The Labute approximate surface area is 105 Å². The monoisotopic (exact) mass is 247 g/mol. The molecule has 0 radical (unpaired) electrons. The summed E-state index contributed by atoms with van der Waals surface area (Å²) in [5, 5.41) is 11.8. The molecule has 2 rings (SSSR count). The molecule has 1 saturated heterocycles. The van der Waals surface area contributed by atoms with Gasteiger partial charge >= 0.3 is 0 Å². The molecule has 1 aromatic carbocycles. The van der Waals surface area contributed by atoms with Crippen LogP contribution in [0.5, 0.6) is 0 Å². The molecule has 1 aliphatic rings. The average Bonchev–Trinajstić information content (AvgIpc) is 2.33. The Morgan fingerprint density at radius 2 is 2.39 bits per heavy atom. The first-order valence-electron chi connectivity index (χ1n) is 5.81. The summed E-state index contributed by atoms with van der Waals surface area (Å²) in [6, 6.07) is 7.49. The van der Waals surface area contributed by atoms with Crippen molar-refractivity contribution < 1.29 is 9.18 Å². The molecule has 0 aromatic heterocycles. The summed E-state index contributed by atoms with van der Waals surface area (Å²) >= 11 is 0. The van der Waals surface area contributed by atoms with Crippen LogP contribution in [0.3, 0.4) is 0 Å². The molecule has 1 N–H and O–H groups in total. The van der Waals surface area contributed by atoms with Gasteiger partial charge in [0.05, 0.1) is 12.5 Å². The molecule has 2 unspecified atom stereocenters. The maximum absolute atomic E-state index is 13.2. The molecule has 4 nitrogen and oxygen atoms in total.